The Balaban J connectivity index is 7.66. The molecule has 0 aliphatic carbocycles. The summed E-state index contributed by atoms with van der Waals surface area (Å²) in [7, 11) is 0. The number of alkyl halides is 29. The van der Waals surface area contributed by atoms with Crippen LogP contribution in [-0.4, -0.2) is 97.2 Å². The molecule has 0 rings (SSSR count). The van der Waals surface area contributed by atoms with Gasteiger partial charge in [0, 0.05) is 5.57 Å². The Bertz CT molecular complexity index is 1360. The molecular formula is C19H7F29O6. The topological polar surface area (TPSA) is 63.2 Å². The van der Waals surface area contributed by atoms with Crippen LogP contribution in [0.2, 0.25) is 0 Å². The highest BCUT2D eigenvalue weighted by molar-refractivity contribution is 5.86. The molecule has 0 spiro atoms. The summed E-state index contributed by atoms with van der Waals surface area (Å²) in [5.74, 6) is -44.8. The van der Waals surface area contributed by atoms with Gasteiger partial charge in [-0.25, -0.2) is 4.79 Å². The molecule has 0 saturated carbocycles. The molecule has 322 valence electrons. The van der Waals surface area contributed by atoms with Gasteiger partial charge < -0.3 is 4.74 Å². The molecule has 35 heteroatoms. The molecule has 0 aliphatic heterocycles. The highest BCUT2D eigenvalue weighted by Crippen LogP contribution is 2.61. The van der Waals surface area contributed by atoms with Gasteiger partial charge in [0.2, 0.25) is 0 Å². The SMILES string of the molecule is C=C(C)C(=O)OCC(F)(OC(F)(F)C(F)(OC(F)(F)C(F)(OC(F)(F)C(F)(OC(F)(F)C(F)(F)C(F)(F)F)C(F)(F)F)C(F)(F)F)C(F)(F)F)C(F)(F)F. The summed E-state index contributed by atoms with van der Waals surface area (Å²) < 4.78 is 396. The van der Waals surface area contributed by atoms with Crippen molar-refractivity contribution in [2.24, 2.45) is 0 Å². The number of esters is 1. The first-order chi connectivity index (χ1) is 22.9. The van der Waals surface area contributed by atoms with Crippen molar-refractivity contribution in [2.75, 3.05) is 6.61 Å². The second-order valence-corrected chi connectivity index (χ2v) is 9.41. The molecular weight excluding hydrogens is 875 g/mol. The minimum absolute atomic E-state index is 0.435. The summed E-state index contributed by atoms with van der Waals surface area (Å²) in [6.45, 7) is -0.618. The first-order valence-electron chi connectivity index (χ1n) is 11.5. The summed E-state index contributed by atoms with van der Waals surface area (Å²) in [6, 6.07) is 0. The molecule has 54 heavy (non-hydrogen) atoms. The maximum absolute atomic E-state index is 14.6. The highest BCUT2D eigenvalue weighted by Gasteiger charge is 2.90. The number of halogens is 29. The minimum atomic E-state index is -9.23. The van der Waals surface area contributed by atoms with Crippen LogP contribution >= 0.6 is 0 Å². The molecule has 0 saturated heterocycles. The van der Waals surface area contributed by atoms with Crippen molar-refractivity contribution in [1.82, 2.24) is 0 Å². The third-order valence-corrected chi connectivity index (χ3v) is 5.20. The van der Waals surface area contributed by atoms with Crippen molar-refractivity contribution in [3.63, 3.8) is 0 Å². The average Bonchev–Trinajstić information content (AvgIpc) is 2.86. The number of rotatable bonds is 15. The first-order valence-corrected chi connectivity index (χ1v) is 11.5. The van der Waals surface area contributed by atoms with E-state index in [0.717, 1.165) is 14.2 Å². The quantitative estimate of drug-likeness (QED) is 0.0929. The molecule has 0 amide bonds. The van der Waals surface area contributed by atoms with Crippen molar-refractivity contribution < 1.29 is 156 Å². The largest absolute Gasteiger partial charge is 0.462 e. The molecule has 0 aromatic heterocycles. The number of carbonyl (C=O) groups excluding carboxylic acids is 1. The van der Waals surface area contributed by atoms with E-state index >= 15 is 0 Å². The summed E-state index contributed by atoms with van der Waals surface area (Å²) in [6.07, 6.45) is -77.1. The Morgan fingerprint density at radius 3 is 0.889 bits per heavy atom. The molecule has 4 atom stereocenters. The van der Waals surface area contributed by atoms with Crippen molar-refractivity contribution >= 4 is 5.97 Å². The second-order valence-electron chi connectivity index (χ2n) is 9.41. The van der Waals surface area contributed by atoms with Crippen LogP contribution in [-0.2, 0) is 28.5 Å². The van der Waals surface area contributed by atoms with Crippen LogP contribution in [0.1, 0.15) is 6.92 Å². The lowest BCUT2D eigenvalue weighted by Crippen LogP contribution is -2.72. The van der Waals surface area contributed by atoms with E-state index in [2.05, 4.69) is 11.3 Å². The molecule has 0 aromatic carbocycles. The van der Waals surface area contributed by atoms with Gasteiger partial charge in [0.25, 0.3) is 0 Å². The van der Waals surface area contributed by atoms with Crippen LogP contribution in [0, 0.1) is 0 Å². The van der Waals surface area contributed by atoms with E-state index in [1.807, 2.05) is 0 Å². The van der Waals surface area contributed by atoms with Crippen molar-refractivity contribution in [3.8, 4) is 0 Å². The van der Waals surface area contributed by atoms with Gasteiger partial charge in [-0.2, -0.15) is 127 Å². The van der Waals surface area contributed by atoms with Crippen LogP contribution in [0.15, 0.2) is 12.2 Å². The van der Waals surface area contributed by atoms with E-state index in [1.165, 1.54) is 0 Å². The summed E-state index contributed by atoms with van der Waals surface area (Å²) >= 11 is 0. The number of hydrogen-bond donors (Lipinski definition) is 0. The van der Waals surface area contributed by atoms with Crippen LogP contribution in [0.5, 0.6) is 0 Å². The fourth-order valence-corrected chi connectivity index (χ4v) is 2.46. The van der Waals surface area contributed by atoms with E-state index in [1.54, 1.807) is 4.74 Å². The van der Waals surface area contributed by atoms with Crippen molar-refractivity contribution in [1.29, 1.82) is 0 Å². The van der Waals surface area contributed by atoms with Gasteiger partial charge >= 0.3 is 90.6 Å². The van der Waals surface area contributed by atoms with Crippen LogP contribution < -0.4 is 0 Å². The normalized spacial score (nSPS) is 19.7. The van der Waals surface area contributed by atoms with E-state index in [4.69, 9.17) is 0 Å². The fourth-order valence-electron chi connectivity index (χ4n) is 2.46. The standard InChI is InChI=1S/C19H7F29O6/c1-4(2)5(49)50-3-6(20,11(26,27)28)51-17(43,44)8(23,13(32,33)34)53-19(47,48)10(25,15(38,39)40)54-18(45,46)9(24,14(35,36)37)52-16(41,42)7(21,22)12(29,30)31/h1,3H2,2H3. The summed E-state index contributed by atoms with van der Waals surface area (Å²) in [5, 5.41) is 0. The molecule has 0 bridgehead atoms. The van der Waals surface area contributed by atoms with Crippen LogP contribution in [0.3, 0.4) is 0 Å². The van der Waals surface area contributed by atoms with Gasteiger partial charge in [0.05, 0.1) is 0 Å². The smallest absolute Gasteiger partial charge is 0.456 e. The summed E-state index contributed by atoms with van der Waals surface area (Å²) in [5.41, 5.74) is -1.15. The Kier molecular flexibility index (Phi) is 13.1. The van der Waals surface area contributed by atoms with Crippen molar-refractivity contribution in [2.45, 2.75) is 91.6 Å². The lowest BCUT2D eigenvalue weighted by molar-refractivity contribution is -0.593. The number of carbonyl (C=O) groups is 1. The zero-order valence-electron chi connectivity index (χ0n) is 23.8. The van der Waals surface area contributed by atoms with Gasteiger partial charge in [0.15, 0.2) is 6.61 Å². The molecule has 0 aromatic rings. The molecule has 0 fully saturated rings. The molecule has 0 N–H and O–H groups in total. The zero-order valence-corrected chi connectivity index (χ0v) is 23.8. The fraction of sp³-hybridized carbons (Fsp3) is 0.842. The Morgan fingerprint density at radius 2 is 0.667 bits per heavy atom. The molecule has 0 heterocycles. The number of ether oxygens (including phenoxy) is 5. The van der Waals surface area contributed by atoms with Crippen LogP contribution in [0.25, 0.3) is 0 Å². The predicted molar refractivity (Wildman–Crippen MR) is 100 cm³/mol. The Morgan fingerprint density at radius 1 is 0.407 bits per heavy atom. The Hall–Kier alpha value is -2.98. The molecule has 6 nitrogen and oxygen atoms in total. The summed E-state index contributed by atoms with van der Waals surface area (Å²) in [4.78, 5) is 11.1. The molecule has 4 unspecified atom stereocenters. The van der Waals surface area contributed by atoms with Gasteiger partial charge in [-0.1, -0.05) is 6.58 Å². The van der Waals surface area contributed by atoms with E-state index in [-0.39, 0.29) is 0 Å². The molecule has 0 aliphatic rings. The van der Waals surface area contributed by atoms with Crippen molar-refractivity contribution in [3.05, 3.63) is 12.2 Å². The van der Waals surface area contributed by atoms with E-state index in [9.17, 15) is 132 Å². The van der Waals surface area contributed by atoms with Gasteiger partial charge in [-0.05, 0) is 6.92 Å². The maximum atomic E-state index is 14.6. The monoisotopic (exact) mass is 882 g/mol. The van der Waals surface area contributed by atoms with Gasteiger partial charge in [-0.15, -0.1) is 0 Å². The number of hydrogen-bond acceptors (Lipinski definition) is 6. The Labute approximate surface area is 273 Å². The second kappa shape index (κ2) is 13.9. The third kappa shape index (κ3) is 9.01. The lowest BCUT2D eigenvalue weighted by atomic mass is 10.2. The van der Waals surface area contributed by atoms with E-state index in [0.29, 0.717) is 6.92 Å². The van der Waals surface area contributed by atoms with Gasteiger partial charge in [0.1, 0.15) is 0 Å². The predicted octanol–water partition coefficient (Wildman–Crippen LogP) is 9.65. The third-order valence-electron chi connectivity index (χ3n) is 5.20. The first kappa shape index (κ1) is 51.0. The minimum Gasteiger partial charge on any atom is -0.456 e. The van der Waals surface area contributed by atoms with Gasteiger partial charge in [-0.3, -0.25) is 18.9 Å². The molecule has 0 radical (unpaired) electrons. The lowest BCUT2D eigenvalue weighted by Gasteiger charge is -2.44. The highest BCUT2D eigenvalue weighted by atomic mass is 19.4. The van der Waals surface area contributed by atoms with Crippen LogP contribution in [0.4, 0.5) is 127 Å². The van der Waals surface area contributed by atoms with E-state index < -0.39 is 103 Å². The average molecular weight is 882 g/mol. The maximum Gasteiger partial charge on any atom is 0.462 e. The zero-order chi connectivity index (χ0) is 44.4.